The summed E-state index contributed by atoms with van der Waals surface area (Å²) in [6.07, 6.45) is 0.716. The molecule has 2 saturated heterocycles. The Bertz CT molecular complexity index is 385. The number of nitrogens with zero attached hydrogens (tertiary/aromatic N) is 2. The molecular formula is C11H14N2O3. The van der Waals surface area contributed by atoms with Crippen LogP contribution in [0.25, 0.3) is 0 Å². The van der Waals surface area contributed by atoms with Crippen LogP contribution in [0.3, 0.4) is 0 Å². The van der Waals surface area contributed by atoms with Crippen LogP contribution in [0.1, 0.15) is 12.8 Å². The van der Waals surface area contributed by atoms with E-state index in [9.17, 15) is 9.59 Å². The van der Waals surface area contributed by atoms with Crippen molar-refractivity contribution in [1.29, 1.82) is 0 Å². The van der Waals surface area contributed by atoms with Gasteiger partial charge in [-0.05, 0) is 18.4 Å². The topological polar surface area (TPSA) is 60.9 Å². The zero-order chi connectivity index (χ0) is 11.7. The van der Waals surface area contributed by atoms with Gasteiger partial charge in [-0.25, -0.2) is 9.59 Å². The molecule has 0 aromatic carbocycles. The summed E-state index contributed by atoms with van der Waals surface area (Å²) in [5.74, 6) is 1.92. The molecule has 2 aliphatic heterocycles. The number of carbonyl (C=O) groups is 1. The van der Waals surface area contributed by atoms with E-state index in [2.05, 4.69) is 6.58 Å². The predicted molar refractivity (Wildman–Crippen MR) is 57.7 cm³/mol. The van der Waals surface area contributed by atoms with E-state index >= 15 is 0 Å². The molecule has 5 heteroatoms. The fraction of sp³-hybridized carbons (Fsp3) is 0.545. The third-order valence-electron chi connectivity index (χ3n) is 3.25. The van der Waals surface area contributed by atoms with Crippen molar-refractivity contribution in [1.82, 2.24) is 9.80 Å². The van der Waals surface area contributed by atoms with Gasteiger partial charge in [0.15, 0.2) is 5.94 Å². The van der Waals surface area contributed by atoms with Crippen molar-refractivity contribution in [2.45, 2.75) is 18.9 Å². The van der Waals surface area contributed by atoms with Gasteiger partial charge >= 0.3 is 6.09 Å². The van der Waals surface area contributed by atoms with Gasteiger partial charge in [0.05, 0.1) is 0 Å². The van der Waals surface area contributed by atoms with Gasteiger partial charge < -0.3 is 14.9 Å². The van der Waals surface area contributed by atoms with Crippen molar-refractivity contribution >= 4 is 12.0 Å². The highest BCUT2D eigenvalue weighted by Crippen LogP contribution is 2.30. The zero-order valence-corrected chi connectivity index (χ0v) is 8.98. The van der Waals surface area contributed by atoms with Crippen LogP contribution in [0.4, 0.5) is 4.79 Å². The second kappa shape index (κ2) is 4.02. The molecule has 1 N–H and O–H groups in total. The molecule has 2 heterocycles. The highest BCUT2D eigenvalue weighted by Gasteiger charge is 2.34. The number of fused-ring (bicyclic) bond motifs is 1. The lowest BCUT2D eigenvalue weighted by molar-refractivity contribution is 0.0796. The minimum absolute atomic E-state index is 0.104. The van der Waals surface area contributed by atoms with Gasteiger partial charge in [-0.1, -0.05) is 6.58 Å². The van der Waals surface area contributed by atoms with Crippen LogP contribution in [0.2, 0.25) is 0 Å². The number of rotatable bonds is 0. The summed E-state index contributed by atoms with van der Waals surface area (Å²) in [6, 6.07) is 0.104. The summed E-state index contributed by atoms with van der Waals surface area (Å²) in [5, 5.41) is 8.91. The first-order valence-corrected chi connectivity index (χ1v) is 5.31. The Kier molecular flexibility index (Phi) is 2.71. The third kappa shape index (κ3) is 1.70. The van der Waals surface area contributed by atoms with Gasteiger partial charge in [0.1, 0.15) is 5.70 Å². The summed E-state index contributed by atoms with van der Waals surface area (Å²) in [4.78, 5) is 25.0. The molecule has 2 fully saturated rings. The van der Waals surface area contributed by atoms with E-state index in [1.165, 1.54) is 4.90 Å². The lowest BCUT2D eigenvalue weighted by Gasteiger charge is -2.45. The molecule has 1 amide bonds. The highest BCUT2D eigenvalue weighted by atomic mass is 16.4. The van der Waals surface area contributed by atoms with Gasteiger partial charge in [-0.2, -0.15) is 0 Å². The van der Waals surface area contributed by atoms with Crippen LogP contribution in [0, 0.1) is 0 Å². The summed E-state index contributed by atoms with van der Waals surface area (Å²) in [7, 11) is 0. The van der Waals surface area contributed by atoms with Crippen molar-refractivity contribution in [3.63, 3.8) is 0 Å². The molecule has 0 aromatic heterocycles. The first-order valence-electron chi connectivity index (χ1n) is 5.31. The zero-order valence-electron chi connectivity index (χ0n) is 8.98. The average Bonchev–Trinajstić information content (AvgIpc) is 2.28. The number of piperidine rings is 1. The van der Waals surface area contributed by atoms with Crippen LogP contribution in [-0.4, -0.2) is 52.6 Å². The van der Waals surface area contributed by atoms with E-state index in [0.717, 1.165) is 18.4 Å². The number of amides is 1. The van der Waals surface area contributed by atoms with Gasteiger partial charge in [0, 0.05) is 25.7 Å². The third-order valence-corrected chi connectivity index (χ3v) is 3.25. The van der Waals surface area contributed by atoms with Crippen molar-refractivity contribution in [2.75, 3.05) is 19.6 Å². The quantitative estimate of drug-likeness (QED) is 0.613. The number of hydrogen-bond donors (Lipinski definition) is 1. The molecule has 0 bridgehead atoms. The van der Waals surface area contributed by atoms with E-state index in [1.54, 1.807) is 0 Å². The molecule has 2 aliphatic rings. The average molecular weight is 222 g/mol. The fourth-order valence-corrected chi connectivity index (χ4v) is 2.36. The first kappa shape index (κ1) is 10.8. The van der Waals surface area contributed by atoms with Gasteiger partial charge in [-0.3, -0.25) is 0 Å². The minimum Gasteiger partial charge on any atom is -0.465 e. The molecule has 0 radical (unpaired) electrons. The van der Waals surface area contributed by atoms with E-state index in [1.807, 2.05) is 10.8 Å². The largest absolute Gasteiger partial charge is 0.465 e. The predicted octanol–water partition coefficient (Wildman–Crippen LogP) is 0.716. The van der Waals surface area contributed by atoms with Gasteiger partial charge in [-0.15, -0.1) is 0 Å². The molecule has 0 spiro atoms. The molecule has 1 atom stereocenters. The number of hydrogen-bond acceptors (Lipinski definition) is 3. The van der Waals surface area contributed by atoms with Crippen molar-refractivity contribution in [3.8, 4) is 0 Å². The maximum atomic E-state index is 10.8. The molecular weight excluding hydrogens is 208 g/mol. The van der Waals surface area contributed by atoms with Crippen LogP contribution in [0.5, 0.6) is 0 Å². The highest BCUT2D eigenvalue weighted by molar-refractivity contribution is 5.65. The van der Waals surface area contributed by atoms with Crippen LogP contribution < -0.4 is 0 Å². The smallest absolute Gasteiger partial charge is 0.407 e. The lowest BCUT2D eigenvalue weighted by atomic mass is 9.94. The molecule has 16 heavy (non-hydrogen) atoms. The maximum absolute atomic E-state index is 10.8. The van der Waals surface area contributed by atoms with Gasteiger partial charge in [0.25, 0.3) is 0 Å². The maximum Gasteiger partial charge on any atom is 0.407 e. The Hall–Kier alpha value is -1.74. The van der Waals surface area contributed by atoms with Crippen LogP contribution >= 0.6 is 0 Å². The van der Waals surface area contributed by atoms with E-state index in [0.29, 0.717) is 25.3 Å². The Morgan fingerprint density at radius 2 is 2.25 bits per heavy atom. The molecule has 86 valence electrons. The molecule has 0 aromatic rings. The summed E-state index contributed by atoms with van der Waals surface area (Å²) in [6.45, 7) is 5.30. The van der Waals surface area contributed by atoms with E-state index in [-0.39, 0.29) is 6.04 Å². The molecule has 5 nitrogen and oxygen atoms in total. The second-order valence-electron chi connectivity index (χ2n) is 4.17. The van der Waals surface area contributed by atoms with Crippen LogP contribution in [0.15, 0.2) is 17.8 Å². The standard InChI is InChI=1S/C11H14N2O3/c1-8-2-3-9-6-12(11(15)16)4-5-13(9)10(8)7-14/h9H,1-6H2,(H,15,16). The normalized spacial score (nSPS) is 25.1. The number of carbonyl (C=O) groups excluding carboxylic acids is 1. The lowest BCUT2D eigenvalue weighted by Crippen LogP contribution is -2.55. The minimum atomic E-state index is -0.888. The molecule has 1 unspecified atom stereocenters. The Labute approximate surface area is 93.6 Å². The number of carboxylic acid groups (broad SMARTS) is 1. The van der Waals surface area contributed by atoms with Gasteiger partial charge in [0.2, 0.25) is 0 Å². The van der Waals surface area contributed by atoms with Crippen molar-refractivity contribution in [3.05, 3.63) is 17.8 Å². The second-order valence-corrected chi connectivity index (χ2v) is 4.17. The van der Waals surface area contributed by atoms with E-state index < -0.39 is 6.09 Å². The molecule has 0 saturated carbocycles. The SMILES string of the molecule is C=C1CCC2CN(C(=O)O)CCN2C1=C=O. The molecule has 0 aliphatic carbocycles. The van der Waals surface area contributed by atoms with Crippen molar-refractivity contribution in [2.24, 2.45) is 0 Å². The number of allylic oxidation sites excluding steroid dienone is 1. The first-order chi connectivity index (χ1) is 7.63. The summed E-state index contributed by atoms with van der Waals surface area (Å²) in [5.41, 5.74) is 1.34. The Balaban J connectivity index is 2.16. The van der Waals surface area contributed by atoms with E-state index in [4.69, 9.17) is 5.11 Å². The Morgan fingerprint density at radius 1 is 1.50 bits per heavy atom. The monoisotopic (exact) mass is 222 g/mol. The van der Waals surface area contributed by atoms with Crippen molar-refractivity contribution < 1.29 is 14.7 Å². The summed E-state index contributed by atoms with van der Waals surface area (Å²) >= 11 is 0. The van der Waals surface area contributed by atoms with Crippen LogP contribution in [-0.2, 0) is 4.79 Å². The summed E-state index contributed by atoms with van der Waals surface area (Å²) < 4.78 is 0. The number of piperazine rings is 1. The molecule has 2 rings (SSSR count). The fourth-order valence-electron chi connectivity index (χ4n) is 2.36. The Morgan fingerprint density at radius 3 is 2.88 bits per heavy atom.